The van der Waals surface area contributed by atoms with Crippen molar-refractivity contribution < 1.29 is 22.7 Å². The van der Waals surface area contributed by atoms with Gasteiger partial charge in [0.15, 0.2) is 11.5 Å². The first-order chi connectivity index (χ1) is 13.3. The Bertz CT molecular complexity index is 940. The molecular weight excluding hydrogens is 375 g/mol. The number of aromatic nitrogens is 3. The summed E-state index contributed by atoms with van der Waals surface area (Å²) in [7, 11) is 0. The van der Waals surface area contributed by atoms with Gasteiger partial charge in [0.05, 0.1) is 5.69 Å². The number of alkyl halides is 3. The van der Waals surface area contributed by atoms with Crippen LogP contribution in [-0.2, 0) is 6.42 Å². The number of nitrogen functional groups attached to an aromatic ring is 1. The van der Waals surface area contributed by atoms with Crippen molar-refractivity contribution in [3.63, 3.8) is 0 Å². The van der Waals surface area contributed by atoms with Crippen LogP contribution in [0.5, 0.6) is 5.75 Å². The van der Waals surface area contributed by atoms with Crippen LogP contribution in [0.25, 0.3) is 5.69 Å². The predicted molar refractivity (Wildman–Crippen MR) is 94.9 cm³/mol. The van der Waals surface area contributed by atoms with Gasteiger partial charge in [0.2, 0.25) is 0 Å². The normalized spacial score (nSPS) is 11.2. The lowest BCUT2D eigenvalue weighted by Crippen LogP contribution is -2.27. The molecule has 0 saturated heterocycles. The summed E-state index contributed by atoms with van der Waals surface area (Å²) < 4.78 is 41.6. The average Bonchev–Trinajstić information content (AvgIpc) is 3.03. The fourth-order valence-corrected chi connectivity index (χ4v) is 2.48. The lowest BCUT2D eigenvalue weighted by atomic mass is 10.1. The van der Waals surface area contributed by atoms with E-state index in [1.807, 2.05) is 30.3 Å². The number of ether oxygens (including phenoxy) is 1. The number of hydrogen-bond acceptors (Lipinski definition) is 5. The number of carbonyl (C=O) groups excluding carboxylic acids is 1. The standard InChI is InChI=1S/C18H16F3N5O2/c19-18(20,21)28-14-8-6-13(7-9-14)26-16(22)15(24-25-26)17(27)23-11-10-12-4-2-1-3-5-12/h1-9H,10-11,22H2,(H,23,27). The number of nitrogens with two attached hydrogens (primary N) is 1. The minimum atomic E-state index is -4.78. The van der Waals surface area contributed by atoms with E-state index >= 15 is 0 Å². The molecule has 0 aliphatic carbocycles. The second-order valence-electron chi connectivity index (χ2n) is 5.77. The van der Waals surface area contributed by atoms with Crippen molar-refractivity contribution in [3.8, 4) is 11.4 Å². The van der Waals surface area contributed by atoms with Crippen molar-refractivity contribution in [2.75, 3.05) is 12.3 Å². The van der Waals surface area contributed by atoms with Crippen molar-refractivity contribution >= 4 is 11.7 Å². The van der Waals surface area contributed by atoms with Gasteiger partial charge >= 0.3 is 6.36 Å². The van der Waals surface area contributed by atoms with Crippen molar-refractivity contribution in [2.24, 2.45) is 0 Å². The minimum absolute atomic E-state index is 0.0262. The summed E-state index contributed by atoms with van der Waals surface area (Å²) >= 11 is 0. The highest BCUT2D eigenvalue weighted by Crippen LogP contribution is 2.24. The van der Waals surface area contributed by atoms with Crippen LogP contribution in [0.2, 0.25) is 0 Å². The van der Waals surface area contributed by atoms with Gasteiger partial charge in [-0.15, -0.1) is 18.3 Å². The number of nitrogens with one attached hydrogen (secondary N) is 1. The molecule has 0 aliphatic rings. The highest BCUT2D eigenvalue weighted by molar-refractivity contribution is 5.96. The highest BCUT2D eigenvalue weighted by atomic mass is 19.4. The number of benzene rings is 2. The molecule has 3 rings (SSSR count). The maximum Gasteiger partial charge on any atom is 0.573 e. The van der Waals surface area contributed by atoms with E-state index < -0.39 is 12.3 Å². The van der Waals surface area contributed by atoms with E-state index in [-0.39, 0.29) is 17.3 Å². The van der Waals surface area contributed by atoms with E-state index in [0.29, 0.717) is 18.7 Å². The molecule has 0 saturated carbocycles. The molecule has 3 N–H and O–H groups in total. The fraction of sp³-hybridized carbons (Fsp3) is 0.167. The number of carbonyl (C=O) groups is 1. The fourth-order valence-electron chi connectivity index (χ4n) is 2.48. The summed E-state index contributed by atoms with van der Waals surface area (Å²) in [5, 5.41) is 10.3. The molecular formula is C18H16F3N5O2. The molecule has 146 valence electrons. The van der Waals surface area contributed by atoms with Crippen molar-refractivity contribution in [2.45, 2.75) is 12.8 Å². The summed E-state index contributed by atoms with van der Waals surface area (Å²) in [5.74, 6) is -0.896. The zero-order valence-electron chi connectivity index (χ0n) is 14.5. The van der Waals surface area contributed by atoms with E-state index in [4.69, 9.17) is 5.73 Å². The van der Waals surface area contributed by atoms with Crippen LogP contribution in [0.3, 0.4) is 0 Å². The van der Waals surface area contributed by atoms with Gasteiger partial charge in [-0.1, -0.05) is 35.5 Å². The Morgan fingerprint density at radius 1 is 1.11 bits per heavy atom. The summed E-state index contributed by atoms with van der Waals surface area (Å²) in [4.78, 5) is 12.3. The molecule has 3 aromatic rings. The average molecular weight is 391 g/mol. The Balaban J connectivity index is 1.65. The molecule has 0 radical (unpaired) electrons. The maximum absolute atomic E-state index is 12.3. The second kappa shape index (κ2) is 7.99. The molecule has 0 fully saturated rings. The monoisotopic (exact) mass is 391 g/mol. The number of halogens is 3. The van der Waals surface area contributed by atoms with Gasteiger partial charge in [0, 0.05) is 6.54 Å². The van der Waals surface area contributed by atoms with E-state index in [1.165, 1.54) is 12.1 Å². The molecule has 0 atom stereocenters. The molecule has 1 aromatic heterocycles. The second-order valence-corrected chi connectivity index (χ2v) is 5.77. The maximum atomic E-state index is 12.3. The highest BCUT2D eigenvalue weighted by Gasteiger charge is 2.31. The molecule has 10 heteroatoms. The lowest BCUT2D eigenvalue weighted by Gasteiger charge is -2.09. The van der Waals surface area contributed by atoms with E-state index in [9.17, 15) is 18.0 Å². The molecule has 0 bridgehead atoms. The van der Waals surface area contributed by atoms with Gasteiger partial charge in [0.25, 0.3) is 5.91 Å². The summed E-state index contributed by atoms with van der Waals surface area (Å²) in [5.41, 5.74) is 7.26. The Kier molecular flexibility index (Phi) is 5.48. The summed E-state index contributed by atoms with van der Waals surface area (Å²) in [6, 6.07) is 14.5. The topological polar surface area (TPSA) is 95.1 Å². The van der Waals surface area contributed by atoms with E-state index in [2.05, 4.69) is 20.4 Å². The van der Waals surface area contributed by atoms with Gasteiger partial charge in [-0.25, -0.2) is 0 Å². The van der Waals surface area contributed by atoms with Crippen molar-refractivity contribution in [1.82, 2.24) is 20.3 Å². The van der Waals surface area contributed by atoms with E-state index in [0.717, 1.165) is 22.4 Å². The van der Waals surface area contributed by atoms with Gasteiger partial charge < -0.3 is 15.8 Å². The largest absolute Gasteiger partial charge is 0.573 e. The van der Waals surface area contributed by atoms with Crippen molar-refractivity contribution in [1.29, 1.82) is 0 Å². The molecule has 0 unspecified atom stereocenters. The molecule has 1 amide bonds. The number of nitrogens with zero attached hydrogens (tertiary/aromatic N) is 3. The van der Waals surface area contributed by atoms with Gasteiger partial charge in [-0.05, 0) is 36.2 Å². The molecule has 0 aliphatic heterocycles. The van der Waals surface area contributed by atoms with Crippen LogP contribution < -0.4 is 15.8 Å². The number of rotatable bonds is 6. The van der Waals surface area contributed by atoms with Gasteiger partial charge in [-0.3, -0.25) is 4.79 Å². The van der Waals surface area contributed by atoms with Crippen LogP contribution in [0.15, 0.2) is 54.6 Å². The number of amides is 1. The smallest absolute Gasteiger partial charge is 0.406 e. The first kappa shape index (κ1) is 19.2. The third-order valence-electron chi connectivity index (χ3n) is 3.78. The zero-order chi connectivity index (χ0) is 20.1. The lowest BCUT2D eigenvalue weighted by molar-refractivity contribution is -0.274. The Hall–Kier alpha value is -3.56. The molecule has 7 nitrogen and oxygen atoms in total. The van der Waals surface area contributed by atoms with Crippen LogP contribution in [0.4, 0.5) is 19.0 Å². The van der Waals surface area contributed by atoms with Crippen LogP contribution in [0, 0.1) is 0 Å². The zero-order valence-corrected chi connectivity index (χ0v) is 14.5. The quantitative estimate of drug-likeness (QED) is 0.674. The Labute approximate surface area is 157 Å². The van der Waals surface area contributed by atoms with Crippen LogP contribution >= 0.6 is 0 Å². The molecule has 0 spiro atoms. The number of hydrogen-bond donors (Lipinski definition) is 2. The predicted octanol–water partition coefficient (Wildman–Crippen LogP) is 2.72. The number of anilines is 1. The third-order valence-corrected chi connectivity index (χ3v) is 3.78. The van der Waals surface area contributed by atoms with Gasteiger partial charge in [-0.2, -0.15) is 4.68 Å². The molecule has 1 heterocycles. The first-order valence-electron chi connectivity index (χ1n) is 8.23. The molecule has 2 aromatic carbocycles. The minimum Gasteiger partial charge on any atom is -0.406 e. The Morgan fingerprint density at radius 3 is 2.43 bits per heavy atom. The SMILES string of the molecule is Nc1c(C(=O)NCCc2ccccc2)nnn1-c1ccc(OC(F)(F)F)cc1. The first-order valence-corrected chi connectivity index (χ1v) is 8.23. The molecule has 28 heavy (non-hydrogen) atoms. The van der Waals surface area contributed by atoms with Gasteiger partial charge in [0.1, 0.15) is 5.75 Å². The third kappa shape index (κ3) is 4.78. The van der Waals surface area contributed by atoms with Crippen LogP contribution in [0.1, 0.15) is 16.1 Å². The Morgan fingerprint density at radius 2 is 1.79 bits per heavy atom. The summed E-state index contributed by atoms with van der Waals surface area (Å²) in [6.07, 6.45) is -4.14. The summed E-state index contributed by atoms with van der Waals surface area (Å²) in [6.45, 7) is 0.388. The van der Waals surface area contributed by atoms with Crippen LogP contribution in [-0.4, -0.2) is 33.8 Å². The van der Waals surface area contributed by atoms with Crippen molar-refractivity contribution in [3.05, 3.63) is 65.9 Å². The van der Waals surface area contributed by atoms with E-state index in [1.54, 1.807) is 0 Å².